The Hall–Kier alpha value is -2.77. The predicted molar refractivity (Wildman–Crippen MR) is 97.6 cm³/mol. The van der Waals surface area contributed by atoms with Crippen molar-refractivity contribution < 1.29 is 28.6 Å². The number of fused-ring (bicyclic) bond motifs is 1. The number of carbonyl (C=O) groups excluding carboxylic acids is 3. The van der Waals surface area contributed by atoms with Crippen molar-refractivity contribution in [3.05, 3.63) is 29.3 Å². The molecule has 0 fully saturated rings. The summed E-state index contributed by atoms with van der Waals surface area (Å²) in [5, 5.41) is 0.931. The first kappa shape index (κ1) is 20.5. The van der Waals surface area contributed by atoms with E-state index < -0.39 is 24.3 Å². The Balaban J connectivity index is 2.27. The number of Topliss-reactive ketones (excluding diaryl/α,β-unsaturated/α-hetero) is 1. The van der Waals surface area contributed by atoms with Crippen LogP contribution >= 0.6 is 0 Å². The summed E-state index contributed by atoms with van der Waals surface area (Å²) in [6.45, 7) is 6.75. The monoisotopic (exact) mass is 378 g/mol. The molecule has 148 valence electrons. The van der Waals surface area contributed by atoms with Gasteiger partial charge in [0.15, 0.2) is 5.78 Å². The summed E-state index contributed by atoms with van der Waals surface area (Å²) in [6, 6.07) is 4.29. The number of aryl methyl sites for hydroxylation is 1. The van der Waals surface area contributed by atoms with Gasteiger partial charge in [0.2, 0.25) is 0 Å². The van der Waals surface area contributed by atoms with E-state index in [2.05, 4.69) is 5.43 Å². The number of carbonyl (C=O) groups is 3. The fourth-order valence-corrected chi connectivity index (χ4v) is 2.84. The number of amides is 2. The van der Waals surface area contributed by atoms with Crippen LogP contribution < -0.4 is 10.2 Å². The van der Waals surface area contributed by atoms with E-state index in [0.29, 0.717) is 24.2 Å². The van der Waals surface area contributed by atoms with Crippen LogP contribution in [0.4, 0.5) is 9.59 Å². The van der Waals surface area contributed by atoms with Crippen molar-refractivity contribution in [2.45, 2.75) is 58.8 Å². The van der Waals surface area contributed by atoms with E-state index in [9.17, 15) is 14.4 Å². The zero-order valence-electron chi connectivity index (χ0n) is 16.3. The number of nitrogens with zero attached hydrogens (tertiary/aromatic N) is 1. The van der Waals surface area contributed by atoms with Gasteiger partial charge in [0.25, 0.3) is 0 Å². The minimum atomic E-state index is -0.878. The van der Waals surface area contributed by atoms with E-state index in [1.54, 1.807) is 53.0 Å². The molecule has 27 heavy (non-hydrogen) atoms. The third kappa shape index (κ3) is 5.12. The van der Waals surface area contributed by atoms with E-state index >= 15 is 0 Å². The number of ether oxygens (including phenoxy) is 3. The molecule has 0 heterocycles. The van der Waals surface area contributed by atoms with Crippen LogP contribution in [-0.2, 0) is 15.9 Å². The Morgan fingerprint density at radius 2 is 1.81 bits per heavy atom. The fraction of sp³-hybridized carbons (Fsp3) is 0.526. The first-order chi connectivity index (χ1) is 12.7. The second-order valence-electron chi connectivity index (χ2n) is 6.81. The second-order valence-corrected chi connectivity index (χ2v) is 6.81. The number of hydrogen-bond donors (Lipinski definition) is 1. The maximum absolute atomic E-state index is 13.0. The van der Waals surface area contributed by atoms with Gasteiger partial charge in [0.05, 0.1) is 19.3 Å². The SMILES string of the molecule is COc1ccc2c(c1)CC[C@H](N(NC(=O)OC(C)C)C(=O)OC(C)C)C2=O. The van der Waals surface area contributed by atoms with Crippen LogP contribution in [0.1, 0.15) is 50.0 Å². The summed E-state index contributed by atoms with van der Waals surface area (Å²) in [5.41, 5.74) is 3.70. The van der Waals surface area contributed by atoms with Gasteiger partial charge in [-0.15, -0.1) is 0 Å². The molecule has 0 saturated carbocycles. The number of hydrazine groups is 1. The fourth-order valence-electron chi connectivity index (χ4n) is 2.84. The molecular weight excluding hydrogens is 352 g/mol. The summed E-state index contributed by atoms with van der Waals surface area (Å²) < 4.78 is 15.4. The van der Waals surface area contributed by atoms with Gasteiger partial charge in [-0.05, 0) is 64.3 Å². The second kappa shape index (κ2) is 8.75. The molecule has 0 radical (unpaired) electrons. The normalized spacial score (nSPS) is 16.0. The van der Waals surface area contributed by atoms with Crippen molar-refractivity contribution in [2.24, 2.45) is 0 Å². The number of hydrogen-bond acceptors (Lipinski definition) is 6. The van der Waals surface area contributed by atoms with Crippen LogP contribution in [0, 0.1) is 0 Å². The van der Waals surface area contributed by atoms with Crippen molar-refractivity contribution in [2.75, 3.05) is 7.11 Å². The highest BCUT2D eigenvalue weighted by Crippen LogP contribution is 2.28. The van der Waals surface area contributed by atoms with Crippen molar-refractivity contribution in [3.8, 4) is 5.75 Å². The largest absolute Gasteiger partial charge is 0.497 e. The van der Waals surface area contributed by atoms with Gasteiger partial charge >= 0.3 is 12.2 Å². The molecule has 0 aliphatic heterocycles. The van der Waals surface area contributed by atoms with Crippen molar-refractivity contribution in [1.82, 2.24) is 10.4 Å². The van der Waals surface area contributed by atoms with Gasteiger partial charge in [-0.25, -0.2) is 20.0 Å². The van der Waals surface area contributed by atoms with Crippen molar-refractivity contribution in [3.63, 3.8) is 0 Å². The number of rotatable bonds is 4. The first-order valence-electron chi connectivity index (χ1n) is 8.91. The Morgan fingerprint density at radius 3 is 2.41 bits per heavy atom. The smallest absolute Gasteiger partial charge is 0.429 e. The maximum atomic E-state index is 13.0. The molecule has 0 saturated heterocycles. The van der Waals surface area contributed by atoms with E-state index in [1.165, 1.54) is 0 Å². The van der Waals surface area contributed by atoms with Crippen LogP contribution in [0.2, 0.25) is 0 Å². The minimum absolute atomic E-state index is 0.274. The van der Waals surface area contributed by atoms with Gasteiger partial charge in [0, 0.05) is 5.56 Å². The molecule has 1 N–H and O–H groups in total. The average molecular weight is 378 g/mol. The summed E-state index contributed by atoms with van der Waals surface area (Å²) in [4.78, 5) is 37.5. The van der Waals surface area contributed by atoms with E-state index in [-0.39, 0.29) is 11.9 Å². The number of benzene rings is 1. The Bertz CT molecular complexity index is 716. The van der Waals surface area contributed by atoms with Crippen molar-refractivity contribution in [1.29, 1.82) is 0 Å². The molecule has 1 aliphatic carbocycles. The molecule has 0 unspecified atom stereocenters. The van der Waals surface area contributed by atoms with Crippen LogP contribution in [0.15, 0.2) is 18.2 Å². The molecule has 1 aliphatic rings. The lowest BCUT2D eigenvalue weighted by atomic mass is 9.86. The topological polar surface area (TPSA) is 94.2 Å². The molecule has 0 spiro atoms. The van der Waals surface area contributed by atoms with Crippen LogP contribution in [0.25, 0.3) is 0 Å². The molecule has 1 aromatic rings. The third-order valence-corrected chi connectivity index (χ3v) is 3.97. The lowest BCUT2D eigenvalue weighted by molar-refractivity contribution is 0.0279. The van der Waals surface area contributed by atoms with Gasteiger partial charge in [-0.3, -0.25) is 4.79 Å². The molecule has 8 heteroatoms. The van der Waals surface area contributed by atoms with Gasteiger partial charge in [0.1, 0.15) is 11.8 Å². The Labute approximate surface area is 158 Å². The standard InChI is InChI=1S/C19H26N2O6/c1-11(2)26-18(23)20-21(19(24)27-12(3)4)16-9-6-13-10-14(25-5)7-8-15(13)17(16)22/h7-8,10-12,16H,6,9H2,1-5H3,(H,20,23)/t16-/m0/s1. The maximum Gasteiger partial charge on any atom is 0.429 e. The molecule has 1 aromatic carbocycles. The van der Waals surface area contributed by atoms with Crippen molar-refractivity contribution >= 4 is 18.0 Å². The third-order valence-electron chi connectivity index (χ3n) is 3.97. The lowest BCUT2D eigenvalue weighted by Gasteiger charge is -2.33. The van der Waals surface area contributed by atoms with Crippen LogP contribution in [-0.4, -0.2) is 48.3 Å². The molecule has 0 bridgehead atoms. The summed E-state index contributed by atoms with van der Waals surface area (Å²) in [6.07, 6.45) is -1.51. The van der Waals surface area contributed by atoms with E-state index in [1.807, 2.05) is 0 Å². The zero-order valence-corrected chi connectivity index (χ0v) is 16.3. The van der Waals surface area contributed by atoms with Gasteiger partial charge in [-0.1, -0.05) is 0 Å². The Morgan fingerprint density at radius 1 is 1.15 bits per heavy atom. The Kier molecular flexibility index (Phi) is 6.65. The highest BCUT2D eigenvalue weighted by molar-refractivity contribution is 6.04. The number of ketones is 1. The number of nitrogens with one attached hydrogen (secondary N) is 1. The highest BCUT2D eigenvalue weighted by Gasteiger charge is 2.37. The highest BCUT2D eigenvalue weighted by atomic mass is 16.6. The minimum Gasteiger partial charge on any atom is -0.497 e. The summed E-state index contributed by atoms with van der Waals surface area (Å²) in [5.74, 6) is 0.388. The number of methoxy groups -OCH3 is 1. The lowest BCUT2D eigenvalue weighted by Crippen LogP contribution is -2.56. The molecule has 1 atom stereocenters. The van der Waals surface area contributed by atoms with Gasteiger partial charge < -0.3 is 14.2 Å². The molecular formula is C19H26N2O6. The van der Waals surface area contributed by atoms with Crippen LogP contribution in [0.3, 0.4) is 0 Å². The van der Waals surface area contributed by atoms with E-state index in [0.717, 1.165) is 10.6 Å². The molecule has 8 nitrogen and oxygen atoms in total. The molecule has 0 aromatic heterocycles. The molecule has 2 amide bonds. The predicted octanol–water partition coefficient (Wildman–Crippen LogP) is 3.09. The average Bonchev–Trinajstić information content (AvgIpc) is 2.58. The molecule has 2 rings (SSSR count). The first-order valence-corrected chi connectivity index (χ1v) is 8.91. The summed E-state index contributed by atoms with van der Waals surface area (Å²) in [7, 11) is 1.56. The van der Waals surface area contributed by atoms with Gasteiger partial charge in [-0.2, -0.15) is 0 Å². The summed E-state index contributed by atoms with van der Waals surface area (Å²) >= 11 is 0. The van der Waals surface area contributed by atoms with Crippen LogP contribution in [0.5, 0.6) is 5.75 Å². The van der Waals surface area contributed by atoms with E-state index in [4.69, 9.17) is 14.2 Å². The quantitative estimate of drug-likeness (QED) is 0.809. The zero-order chi connectivity index (χ0) is 20.1.